The lowest BCUT2D eigenvalue weighted by atomic mass is 10.2. The molecule has 4 nitrogen and oxygen atoms in total. The fourth-order valence-electron chi connectivity index (χ4n) is 1.47. The van der Waals surface area contributed by atoms with Crippen molar-refractivity contribution in [2.24, 2.45) is 0 Å². The largest absolute Gasteiger partial charge is 0.423 e. The third-order valence-electron chi connectivity index (χ3n) is 2.44. The molecule has 3 rings (SSSR count). The van der Waals surface area contributed by atoms with Gasteiger partial charge in [0.25, 0.3) is 0 Å². The zero-order valence-electron chi connectivity index (χ0n) is 8.18. The zero-order valence-corrected chi connectivity index (χ0v) is 8.18. The minimum atomic E-state index is 0.563. The van der Waals surface area contributed by atoms with Crippen molar-refractivity contribution in [1.29, 1.82) is 0 Å². The summed E-state index contributed by atoms with van der Waals surface area (Å²) < 4.78 is 5.11. The highest BCUT2D eigenvalue weighted by atomic mass is 16.4. The van der Waals surface area contributed by atoms with E-state index in [0.717, 1.165) is 11.3 Å². The molecule has 0 bridgehead atoms. The van der Waals surface area contributed by atoms with Gasteiger partial charge in [0, 0.05) is 17.3 Å². The van der Waals surface area contributed by atoms with Crippen molar-refractivity contribution in [2.75, 3.05) is 5.32 Å². The van der Waals surface area contributed by atoms with Gasteiger partial charge in [-0.3, -0.25) is 0 Å². The lowest BCUT2D eigenvalue weighted by Crippen LogP contribution is -1.99. The summed E-state index contributed by atoms with van der Waals surface area (Å²) in [7, 11) is 0. The highest BCUT2D eigenvalue weighted by Gasteiger charge is 2.20. The van der Waals surface area contributed by atoms with Crippen LogP contribution in [0.3, 0.4) is 0 Å². The van der Waals surface area contributed by atoms with Gasteiger partial charge in [0.15, 0.2) is 0 Å². The van der Waals surface area contributed by atoms with Crippen LogP contribution in [0.4, 0.5) is 5.69 Å². The quantitative estimate of drug-likeness (QED) is 0.827. The molecule has 1 heterocycles. The maximum absolute atomic E-state index is 5.11. The molecule has 4 heteroatoms. The number of anilines is 1. The summed E-state index contributed by atoms with van der Waals surface area (Å²) in [6, 6.07) is 8.73. The maximum Gasteiger partial charge on any atom is 0.247 e. The van der Waals surface area contributed by atoms with E-state index < -0.39 is 0 Å². The molecular weight excluding hydrogens is 190 g/mol. The van der Waals surface area contributed by atoms with E-state index in [1.54, 1.807) is 0 Å². The van der Waals surface area contributed by atoms with Crippen molar-refractivity contribution >= 4 is 5.69 Å². The van der Waals surface area contributed by atoms with E-state index in [1.807, 2.05) is 24.3 Å². The van der Waals surface area contributed by atoms with Crippen molar-refractivity contribution in [1.82, 2.24) is 10.2 Å². The van der Waals surface area contributed by atoms with Gasteiger partial charge in [-0.25, -0.2) is 0 Å². The number of aromatic nitrogens is 2. The summed E-state index contributed by atoms with van der Waals surface area (Å²) in [6.45, 7) is 0. The first-order valence-corrected chi connectivity index (χ1v) is 5.05. The van der Waals surface area contributed by atoms with Gasteiger partial charge in [0.2, 0.25) is 12.3 Å². The van der Waals surface area contributed by atoms with Crippen LogP contribution in [0, 0.1) is 0 Å². The summed E-state index contributed by atoms with van der Waals surface area (Å²) in [5.74, 6) is 0.563. The van der Waals surface area contributed by atoms with Crippen LogP contribution in [-0.4, -0.2) is 16.2 Å². The Kier molecular flexibility index (Phi) is 1.91. The minimum absolute atomic E-state index is 0.563. The van der Waals surface area contributed by atoms with Crippen LogP contribution < -0.4 is 5.32 Å². The molecule has 1 N–H and O–H groups in total. The van der Waals surface area contributed by atoms with Crippen LogP contribution in [0.1, 0.15) is 12.8 Å². The Hall–Kier alpha value is -1.84. The van der Waals surface area contributed by atoms with Gasteiger partial charge in [-0.2, -0.15) is 0 Å². The third-order valence-corrected chi connectivity index (χ3v) is 2.44. The Balaban J connectivity index is 1.80. The molecule has 2 aromatic rings. The van der Waals surface area contributed by atoms with Crippen molar-refractivity contribution in [3.05, 3.63) is 30.7 Å². The number of hydrogen-bond acceptors (Lipinski definition) is 4. The minimum Gasteiger partial charge on any atom is -0.423 e. The fraction of sp³-hybridized carbons (Fsp3) is 0.273. The average Bonchev–Trinajstić information content (AvgIpc) is 2.92. The second-order valence-corrected chi connectivity index (χ2v) is 3.74. The number of benzene rings is 1. The third kappa shape index (κ3) is 1.83. The van der Waals surface area contributed by atoms with Gasteiger partial charge in [0.1, 0.15) is 0 Å². The molecule has 1 aromatic heterocycles. The van der Waals surface area contributed by atoms with Crippen LogP contribution >= 0.6 is 0 Å². The lowest BCUT2D eigenvalue weighted by Gasteiger charge is -2.03. The van der Waals surface area contributed by atoms with Gasteiger partial charge in [-0.05, 0) is 37.1 Å². The molecule has 0 radical (unpaired) electrons. The molecule has 1 fully saturated rings. The summed E-state index contributed by atoms with van der Waals surface area (Å²) in [4.78, 5) is 0. The molecule has 1 saturated carbocycles. The average molecular weight is 201 g/mol. The van der Waals surface area contributed by atoms with E-state index in [4.69, 9.17) is 4.42 Å². The van der Waals surface area contributed by atoms with Gasteiger partial charge in [-0.15, -0.1) is 10.2 Å². The monoisotopic (exact) mass is 201 g/mol. The summed E-state index contributed by atoms with van der Waals surface area (Å²) >= 11 is 0. The van der Waals surface area contributed by atoms with E-state index in [2.05, 4.69) is 15.5 Å². The van der Waals surface area contributed by atoms with Crippen molar-refractivity contribution < 1.29 is 4.42 Å². The molecule has 0 saturated heterocycles. The van der Waals surface area contributed by atoms with Crippen LogP contribution in [0.2, 0.25) is 0 Å². The first kappa shape index (κ1) is 8.47. The van der Waals surface area contributed by atoms with E-state index in [1.165, 1.54) is 19.2 Å². The van der Waals surface area contributed by atoms with Gasteiger partial charge < -0.3 is 9.73 Å². The van der Waals surface area contributed by atoms with E-state index in [9.17, 15) is 0 Å². The van der Waals surface area contributed by atoms with Gasteiger partial charge in [-0.1, -0.05) is 0 Å². The van der Waals surface area contributed by atoms with Gasteiger partial charge in [0.05, 0.1) is 0 Å². The SMILES string of the molecule is c1nnc(-c2ccc(NC3CC3)cc2)o1. The number of nitrogens with one attached hydrogen (secondary N) is 1. The van der Waals surface area contributed by atoms with Crippen LogP contribution in [0.5, 0.6) is 0 Å². The molecule has 0 unspecified atom stereocenters. The Morgan fingerprint density at radius 1 is 1.20 bits per heavy atom. The van der Waals surface area contributed by atoms with E-state index >= 15 is 0 Å². The fourth-order valence-corrected chi connectivity index (χ4v) is 1.47. The predicted molar refractivity (Wildman–Crippen MR) is 56.4 cm³/mol. The Morgan fingerprint density at radius 3 is 2.60 bits per heavy atom. The lowest BCUT2D eigenvalue weighted by molar-refractivity contribution is 0.568. The van der Waals surface area contributed by atoms with E-state index in [0.29, 0.717) is 11.9 Å². The number of hydrogen-bond donors (Lipinski definition) is 1. The van der Waals surface area contributed by atoms with Crippen LogP contribution in [0.15, 0.2) is 35.1 Å². The van der Waals surface area contributed by atoms with Crippen molar-refractivity contribution in [3.8, 4) is 11.5 Å². The Morgan fingerprint density at radius 2 is 2.00 bits per heavy atom. The Bertz CT molecular complexity index is 431. The van der Waals surface area contributed by atoms with Crippen LogP contribution in [-0.2, 0) is 0 Å². The molecular formula is C11H11N3O. The highest BCUT2D eigenvalue weighted by molar-refractivity contribution is 5.58. The second-order valence-electron chi connectivity index (χ2n) is 3.74. The maximum atomic E-state index is 5.11. The molecule has 0 aliphatic heterocycles. The normalized spacial score (nSPS) is 15.2. The second kappa shape index (κ2) is 3.38. The molecule has 15 heavy (non-hydrogen) atoms. The van der Waals surface area contributed by atoms with Gasteiger partial charge >= 0.3 is 0 Å². The van der Waals surface area contributed by atoms with E-state index in [-0.39, 0.29) is 0 Å². The molecule has 76 valence electrons. The first-order chi connectivity index (χ1) is 7.42. The summed E-state index contributed by atoms with van der Waals surface area (Å²) in [5.41, 5.74) is 2.11. The van der Waals surface area contributed by atoms with Crippen LogP contribution in [0.25, 0.3) is 11.5 Å². The summed E-state index contributed by atoms with van der Waals surface area (Å²) in [6.07, 6.45) is 3.91. The molecule has 1 aliphatic rings. The molecule has 0 spiro atoms. The number of rotatable bonds is 3. The molecule has 0 atom stereocenters. The molecule has 1 aromatic carbocycles. The van der Waals surface area contributed by atoms with Crippen molar-refractivity contribution in [3.63, 3.8) is 0 Å². The molecule has 0 amide bonds. The Labute approximate surface area is 87.3 Å². The summed E-state index contributed by atoms with van der Waals surface area (Å²) in [5, 5.41) is 10.9. The molecule has 1 aliphatic carbocycles. The highest BCUT2D eigenvalue weighted by Crippen LogP contribution is 2.26. The zero-order chi connectivity index (χ0) is 10.1. The van der Waals surface area contributed by atoms with Crippen molar-refractivity contribution in [2.45, 2.75) is 18.9 Å². The smallest absolute Gasteiger partial charge is 0.247 e. The topological polar surface area (TPSA) is 51.0 Å². The standard InChI is InChI=1S/C11H11N3O/c1-3-9(13-10-5-6-10)4-2-8(1)11-14-12-7-15-11/h1-4,7,10,13H,5-6H2. The number of nitrogens with zero attached hydrogens (tertiary/aromatic N) is 2. The predicted octanol–water partition coefficient (Wildman–Crippen LogP) is 2.31. The first-order valence-electron chi connectivity index (χ1n) is 5.05.